The predicted octanol–water partition coefficient (Wildman–Crippen LogP) is 7.32. The van der Waals surface area contributed by atoms with Gasteiger partial charge in [-0.1, -0.05) is 18.2 Å². The molecular formula is C33H32F3N3O4. The monoisotopic (exact) mass is 591 g/mol. The minimum atomic E-state index is -3.71. The molecule has 43 heavy (non-hydrogen) atoms. The van der Waals surface area contributed by atoms with Gasteiger partial charge in [0.2, 0.25) is 0 Å². The van der Waals surface area contributed by atoms with Crippen LogP contribution < -0.4 is 10.6 Å². The molecule has 0 saturated heterocycles. The maximum Gasteiger partial charge on any atom is 0.322 e. The summed E-state index contributed by atoms with van der Waals surface area (Å²) >= 11 is 0. The van der Waals surface area contributed by atoms with Crippen LogP contribution in [0.2, 0.25) is 0 Å². The molecule has 4 rings (SSSR count). The summed E-state index contributed by atoms with van der Waals surface area (Å²) in [5.74, 6) is -6.31. The van der Waals surface area contributed by atoms with Crippen molar-refractivity contribution in [2.75, 3.05) is 7.05 Å². The Balaban J connectivity index is 2.17. The zero-order valence-electron chi connectivity index (χ0n) is 24.6. The average Bonchev–Trinajstić information content (AvgIpc) is 3.38. The summed E-state index contributed by atoms with van der Waals surface area (Å²) < 4.78 is 49.7. The van der Waals surface area contributed by atoms with Crippen molar-refractivity contribution in [1.29, 1.82) is 0 Å². The number of hydrogen-bond acceptors (Lipinski definition) is 4. The molecule has 0 aliphatic rings. The van der Waals surface area contributed by atoms with Crippen LogP contribution in [0, 0.1) is 12.7 Å². The minimum Gasteiger partial charge on any atom is -0.460 e. The van der Waals surface area contributed by atoms with Gasteiger partial charge in [-0.05, 0) is 81.8 Å². The number of carbonyl (C=O) groups is 3. The van der Waals surface area contributed by atoms with E-state index >= 15 is 0 Å². The fourth-order valence-corrected chi connectivity index (χ4v) is 4.56. The Bertz CT molecular complexity index is 1770. The van der Waals surface area contributed by atoms with Crippen LogP contribution in [0.3, 0.4) is 0 Å². The van der Waals surface area contributed by atoms with Gasteiger partial charge in [-0.3, -0.25) is 19.0 Å². The lowest BCUT2D eigenvalue weighted by Crippen LogP contribution is -2.40. The van der Waals surface area contributed by atoms with E-state index in [2.05, 4.69) is 10.6 Å². The first-order valence-electron chi connectivity index (χ1n) is 13.5. The summed E-state index contributed by atoms with van der Waals surface area (Å²) in [5.41, 5.74) is 0.971. The zero-order valence-corrected chi connectivity index (χ0v) is 24.6. The van der Waals surface area contributed by atoms with Crippen molar-refractivity contribution in [3.63, 3.8) is 0 Å². The second kappa shape index (κ2) is 11.8. The third-order valence-corrected chi connectivity index (χ3v) is 6.53. The van der Waals surface area contributed by atoms with Gasteiger partial charge in [-0.15, -0.1) is 0 Å². The number of aryl methyl sites for hydroxylation is 1. The average molecular weight is 592 g/mol. The lowest BCUT2D eigenvalue weighted by Gasteiger charge is -2.20. The van der Waals surface area contributed by atoms with Crippen LogP contribution in [0.1, 0.15) is 59.0 Å². The number of amides is 2. The van der Waals surface area contributed by atoms with Crippen LogP contribution in [0.15, 0.2) is 77.3 Å². The third-order valence-electron chi connectivity index (χ3n) is 6.53. The number of fused-ring (bicyclic) bond motifs is 1. The zero-order chi connectivity index (χ0) is 31.7. The van der Waals surface area contributed by atoms with Crippen LogP contribution in [-0.4, -0.2) is 40.8 Å². The number of hydrogen-bond donors (Lipinski definition) is 2. The second-order valence-electron chi connectivity index (χ2n) is 11.2. The van der Waals surface area contributed by atoms with Gasteiger partial charge in [0.05, 0.1) is 11.1 Å². The van der Waals surface area contributed by atoms with E-state index < -0.39 is 29.1 Å². The molecule has 0 fully saturated rings. The predicted molar refractivity (Wildman–Crippen MR) is 159 cm³/mol. The number of halogens is 3. The fourth-order valence-electron chi connectivity index (χ4n) is 4.56. The molecule has 224 valence electrons. The molecule has 0 spiro atoms. The number of alkyl halides is 2. The Morgan fingerprint density at radius 2 is 1.53 bits per heavy atom. The Kier molecular flexibility index (Phi) is 8.52. The van der Waals surface area contributed by atoms with Crippen LogP contribution >= 0.6 is 0 Å². The molecular weight excluding hydrogens is 559 g/mol. The van der Waals surface area contributed by atoms with E-state index in [1.165, 1.54) is 55.7 Å². The molecule has 4 aromatic rings. The van der Waals surface area contributed by atoms with E-state index in [1.54, 1.807) is 31.2 Å². The number of nitrogens with zero attached hydrogens (tertiary/aromatic N) is 1. The number of carbonyl (C=O) groups excluding carboxylic acids is 3. The lowest BCUT2D eigenvalue weighted by atomic mass is 10.00. The molecule has 2 amide bonds. The molecule has 2 heterocycles. The van der Waals surface area contributed by atoms with Crippen LogP contribution in [0.5, 0.6) is 0 Å². The maximum atomic E-state index is 14.4. The smallest absolute Gasteiger partial charge is 0.322 e. The van der Waals surface area contributed by atoms with Gasteiger partial charge in [-0.25, -0.2) is 4.39 Å². The van der Waals surface area contributed by atoms with Crippen LogP contribution in [0.25, 0.3) is 33.4 Å². The number of benzene rings is 2. The molecule has 0 radical (unpaired) electrons. The Labute approximate surface area is 247 Å². The van der Waals surface area contributed by atoms with Crippen molar-refractivity contribution >= 4 is 28.6 Å². The Hall–Kier alpha value is -4.86. The van der Waals surface area contributed by atoms with E-state index in [1.807, 2.05) is 20.8 Å². The van der Waals surface area contributed by atoms with Crippen molar-refractivity contribution in [3.05, 3.63) is 95.6 Å². The lowest BCUT2D eigenvalue weighted by molar-refractivity contribution is 0.0134. The fraction of sp³-hybridized carbons (Fsp3) is 0.242. The van der Waals surface area contributed by atoms with Crippen LogP contribution in [0.4, 0.5) is 13.2 Å². The normalized spacial score (nSPS) is 11.7. The Morgan fingerprint density at radius 3 is 2.14 bits per heavy atom. The molecule has 2 N–H and O–H groups in total. The van der Waals surface area contributed by atoms with E-state index in [0.29, 0.717) is 29.0 Å². The summed E-state index contributed by atoms with van der Waals surface area (Å²) in [4.78, 5) is 39.1. The van der Waals surface area contributed by atoms with Gasteiger partial charge in [0, 0.05) is 47.8 Å². The molecule has 0 unspecified atom stereocenters. The van der Waals surface area contributed by atoms with Crippen LogP contribution in [-0.2, 0) is 0 Å². The van der Waals surface area contributed by atoms with E-state index in [4.69, 9.17) is 4.42 Å². The molecule has 7 nitrogen and oxygen atoms in total. The molecule has 0 aliphatic heterocycles. The van der Waals surface area contributed by atoms with Crippen molar-refractivity contribution in [1.82, 2.24) is 15.2 Å². The largest absolute Gasteiger partial charge is 0.460 e. The standard InChI is InChI=1S/C33H32F3N3O4/c1-19-24-16-17-39(31(42)33(5,35)36)27(24)25(21-8-7-9-22(18-21)29(40)38-32(2,3)4)14-15-26(30(41)37-6)28(43-19)20-10-12-23(34)13-11-20/h7-18H,1-6H3,(H,37,41)(H,38,40). The Morgan fingerprint density at radius 1 is 0.860 bits per heavy atom. The first kappa shape index (κ1) is 31.1. The second-order valence-corrected chi connectivity index (χ2v) is 11.2. The minimum absolute atomic E-state index is 0.0523. The van der Waals surface area contributed by atoms with Gasteiger partial charge < -0.3 is 15.1 Å². The highest BCUT2D eigenvalue weighted by Crippen LogP contribution is 2.34. The molecule has 0 aliphatic carbocycles. The van der Waals surface area contributed by atoms with Crippen molar-refractivity contribution < 1.29 is 32.0 Å². The van der Waals surface area contributed by atoms with E-state index in [0.717, 1.165) is 4.57 Å². The van der Waals surface area contributed by atoms with Gasteiger partial charge >= 0.3 is 11.8 Å². The van der Waals surface area contributed by atoms with E-state index in [-0.39, 0.29) is 34.1 Å². The number of aromatic nitrogens is 1. The number of nitrogens with one attached hydrogen (secondary N) is 2. The highest BCUT2D eigenvalue weighted by atomic mass is 19.3. The molecule has 10 heteroatoms. The summed E-state index contributed by atoms with van der Waals surface area (Å²) in [5, 5.41) is 5.74. The van der Waals surface area contributed by atoms with Crippen molar-refractivity contribution in [3.8, 4) is 22.5 Å². The van der Waals surface area contributed by atoms with Gasteiger partial charge in [0.25, 0.3) is 11.8 Å². The SMILES string of the molecule is CNC(=O)c1ccc(-c2cccc(C(=O)NC(C)(C)C)c2)c2c(ccn2C(=O)C(C)(F)F)c(C)oc1-c1ccc(F)cc1. The highest BCUT2D eigenvalue weighted by Gasteiger charge is 2.35. The quantitative estimate of drug-likeness (QED) is 0.254. The van der Waals surface area contributed by atoms with E-state index in [9.17, 15) is 27.6 Å². The summed E-state index contributed by atoms with van der Waals surface area (Å²) in [7, 11) is 1.43. The molecule has 0 bridgehead atoms. The van der Waals surface area contributed by atoms with Crippen molar-refractivity contribution in [2.24, 2.45) is 0 Å². The van der Waals surface area contributed by atoms with Crippen molar-refractivity contribution in [2.45, 2.75) is 46.1 Å². The maximum absolute atomic E-state index is 14.4. The van der Waals surface area contributed by atoms with Gasteiger partial charge in [0.1, 0.15) is 17.3 Å². The molecule has 2 aromatic heterocycles. The molecule has 0 saturated carbocycles. The topological polar surface area (TPSA) is 93.3 Å². The highest BCUT2D eigenvalue weighted by molar-refractivity contribution is 6.05. The third kappa shape index (κ3) is 6.80. The molecule has 0 atom stereocenters. The van der Waals surface area contributed by atoms with Gasteiger partial charge in [-0.2, -0.15) is 8.78 Å². The summed E-state index contributed by atoms with van der Waals surface area (Å²) in [6.07, 6.45) is 1.23. The molecule has 2 aromatic carbocycles. The first-order valence-corrected chi connectivity index (χ1v) is 13.5. The summed E-state index contributed by atoms with van der Waals surface area (Å²) in [6, 6.07) is 16.2. The first-order chi connectivity index (χ1) is 20.1. The summed E-state index contributed by atoms with van der Waals surface area (Å²) in [6.45, 7) is 7.59. The van der Waals surface area contributed by atoms with Gasteiger partial charge in [0.15, 0.2) is 0 Å². The number of rotatable bonds is 5.